The second kappa shape index (κ2) is 8.11. The summed E-state index contributed by atoms with van der Waals surface area (Å²) >= 11 is 1.68. The lowest BCUT2D eigenvalue weighted by Crippen LogP contribution is -2.51. The number of benzene rings is 1. The van der Waals surface area contributed by atoms with Gasteiger partial charge in [0.2, 0.25) is 0 Å². The number of amides is 2. The molecule has 1 saturated carbocycles. The maximum Gasteiger partial charge on any atom is 0.319 e. The third-order valence-corrected chi connectivity index (χ3v) is 7.96. The van der Waals surface area contributed by atoms with E-state index in [2.05, 4.69) is 41.5 Å². The standard InChI is InChI=1S/C23H33N3OS/c1-23(2)17-8-7-16(21(23)13-17)15-26-11-9-18(10-12-26)24-22(27)25-19-5-4-6-20(14-19)28-3/h4-7,14,17-18,21H,8-13,15H2,1-3H3,(H2,24,25,27)/t17-,21+/m0/s1. The van der Waals surface area contributed by atoms with Crippen LogP contribution in [0.3, 0.4) is 0 Å². The number of allylic oxidation sites excluding steroid dienone is 1. The number of hydrogen-bond acceptors (Lipinski definition) is 3. The summed E-state index contributed by atoms with van der Waals surface area (Å²) in [5.74, 6) is 1.70. The highest BCUT2D eigenvalue weighted by Gasteiger charge is 2.51. The highest BCUT2D eigenvalue weighted by atomic mass is 32.2. The Kier molecular flexibility index (Phi) is 5.75. The lowest BCUT2D eigenvalue weighted by molar-refractivity contribution is -0.0113. The molecule has 2 bridgehead atoms. The maximum absolute atomic E-state index is 12.3. The molecule has 0 spiro atoms. The van der Waals surface area contributed by atoms with Gasteiger partial charge in [-0.2, -0.15) is 0 Å². The van der Waals surface area contributed by atoms with Gasteiger partial charge in [-0.3, -0.25) is 4.90 Å². The first-order valence-corrected chi connectivity index (χ1v) is 11.8. The maximum atomic E-state index is 12.3. The Labute approximate surface area is 173 Å². The van der Waals surface area contributed by atoms with E-state index >= 15 is 0 Å². The van der Waals surface area contributed by atoms with Crippen molar-refractivity contribution in [2.45, 2.75) is 50.5 Å². The Morgan fingerprint density at radius 1 is 1.29 bits per heavy atom. The van der Waals surface area contributed by atoms with Crippen molar-refractivity contribution in [3.8, 4) is 0 Å². The summed E-state index contributed by atoms with van der Waals surface area (Å²) in [7, 11) is 0. The molecule has 152 valence electrons. The minimum absolute atomic E-state index is 0.0889. The smallest absolute Gasteiger partial charge is 0.319 e. The molecule has 4 aliphatic rings. The van der Waals surface area contributed by atoms with Crippen LogP contribution in [0.25, 0.3) is 0 Å². The number of piperidine rings is 1. The van der Waals surface area contributed by atoms with E-state index in [1.54, 1.807) is 17.3 Å². The first-order valence-electron chi connectivity index (χ1n) is 10.6. The summed E-state index contributed by atoms with van der Waals surface area (Å²) in [6.07, 6.45) is 9.29. The average molecular weight is 400 g/mol. The first-order chi connectivity index (χ1) is 13.5. The largest absolute Gasteiger partial charge is 0.335 e. The molecule has 5 rings (SSSR count). The molecule has 2 atom stereocenters. The highest BCUT2D eigenvalue weighted by molar-refractivity contribution is 7.98. The van der Waals surface area contributed by atoms with Gasteiger partial charge in [0.05, 0.1) is 0 Å². The van der Waals surface area contributed by atoms with Crippen molar-refractivity contribution in [2.75, 3.05) is 31.2 Å². The number of nitrogens with one attached hydrogen (secondary N) is 2. The molecule has 1 aromatic rings. The fraction of sp³-hybridized carbons (Fsp3) is 0.609. The Morgan fingerprint density at radius 2 is 2.07 bits per heavy atom. The van der Waals surface area contributed by atoms with Crippen LogP contribution in [-0.4, -0.2) is 42.9 Å². The first kappa shape index (κ1) is 19.8. The van der Waals surface area contributed by atoms with E-state index in [0.29, 0.717) is 5.41 Å². The third kappa shape index (κ3) is 4.11. The van der Waals surface area contributed by atoms with Gasteiger partial charge in [0.1, 0.15) is 0 Å². The van der Waals surface area contributed by atoms with Gasteiger partial charge in [-0.15, -0.1) is 11.8 Å². The van der Waals surface area contributed by atoms with Gasteiger partial charge >= 0.3 is 6.03 Å². The van der Waals surface area contributed by atoms with E-state index in [1.165, 1.54) is 12.8 Å². The highest BCUT2D eigenvalue weighted by Crippen LogP contribution is 2.59. The summed E-state index contributed by atoms with van der Waals surface area (Å²) in [5.41, 5.74) is 3.04. The quantitative estimate of drug-likeness (QED) is 0.542. The van der Waals surface area contributed by atoms with E-state index in [0.717, 1.165) is 54.9 Å². The normalized spacial score (nSPS) is 26.9. The lowest BCUT2D eigenvalue weighted by Gasteiger charge is -2.57. The number of nitrogens with zero attached hydrogens (tertiary/aromatic N) is 1. The number of fused-ring (bicyclic) bond motifs is 1. The summed E-state index contributed by atoms with van der Waals surface area (Å²) < 4.78 is 0. The van der Waals surface area contributed by atoms with Crippen molar-refractivity contribution < 1.29 is 4.79 Å². The number of carbonyl (C=O) groups is 1. The Bertz CT molecular complexity index is 752. The van der Waals surface area contributed by atoms with Crippen LogP contribution in [0.4, 0.5) is 10.5 Å². The van der Waals surface area contributed by atoms with Crippen LogP contribution in [0.15, 0.2) is 40.8 Å². The van der Waals surface area contributed by atoms with E-state index in [9.17, 15) is 4.79 Å². The molecule has 1 saturated heterocycles. The number of likely N-dealkylation sites (tertiary alicyclic amines) is 1. The second-order valence-corrected chi connectivity index (χ2v) is 10.1. The molecule has 1 heterocycles. The van der Waals surface area contributed by atoms with E-state index in [-0.39, 0.29) is 12.1 Å². The number of carbonyl (C=O) groups excluding carboxylic acids is 1. The van der Waals surface area contributed by atoms with E-state index in [1.807, 2.05) is 24.5 Å². The van der Waals surface area contributed by atoms with Crippen LogP contribution >= 0.6 is 11.8 Å². The van der Waals surface area contributed by atoms with Crippen molar-refractivity contribution in [2.24, 2.45) is 17.3 Å². The monoisotopic (exact) mass is 399 g/mol. The molecular weight excluding hydrogens is 366 g/mol. The van der Waals surface area contributed by atoms with Crippen molar-refractivity contribution in [3.63, 3.8) is 0 Å². The Hall–Kier alpha value is -1.46. The van der Waals surface area contributed by atoms with Crippen molar-refractivity contribution >= 4 is 23.5 Å². The van der Waals surface area contributed by atoms with E-state index < -0.39 is 0 Å². The van der Waals surface area contributed by atoms with Crippen LogP contribution < -0.4 is 10.6 Å². The van der Waals surface area contributed by atoms with Gasteiger partial charge in [-0.1, -0.05) is 31.6 Å². The molecule has 0 aromatic heterocycles. The summed E-state index contributed by atoms with van der Waals surface area (Å²) in [4.78, 5) is 16.1. The number of thioether (sulfide) groups is 1. The van der Waals surface area contributed by atoms with Crippen LogP contribution in [0.1, 0.15) is 39.5 Å². The summed E-state index contributed by atoms with van der Waals surface area (Å²) in [6.45, 7) is 8.16. The zero-order chi connectivity index (χ0) is 19.7. The fourth-order valence-corrected chi connectivity index (χ4v) is 5.66. The molecule has 3 aliphatic carbocycles. The molecule has 2 fully saturated rings. The van der Waals surface area contributed by atoms with Crippen molar-refractivity contribution in [3.05, 3.63) is 35.9 Å². The molecule has 0 radical (unpaired) electrons. The molecule has 2 amide bonds. The third-order valence-electron chi connectivity index (χ3n) is 7.24. The SMILES string of the molecule is CSc1cccc(NC(=O)NC2CCN(CC3=CC[C@H]4C[C@H]3C4(C)C)CC2)c1. The minimum atomic E-state index is -0.0889. The van der Waals surface area contributed by atoms with Crippen molar-refractivity contribution in [1.82, 2.24) is 10.2 Å². The number of anilines is 1. The van der Waals surface area contributed by atoms with Gasteiger partial charge in [-0.25, -0.2) is 4.79 Å². The minimum Gasteiger partial charge on any atom is -0.335 e. The Balaban J connectivity index is 1.22. The molecular formula is C23H33N3OS. The van der Waals surface area contributed by atoms with Crippen molar-refractivity contribution in [1.29, 1.82) is 0 Å². The van der Waals surface area contributed by atoms with Gasteiger partial charge in [0.25, 0.3) is 0 Å². The van der Waals surface area contributed by atoms with Gasteiger partial charge in [0, 0.05) is 36.3 Å². The number of rotatable bonds is 5. The topological polar surface area (TPSA) is 44.4 Å². The van der Waals surface area contributed by atoms with Crippen LogP contribution in [0.2, 0.25) is 0 Å². The molecule has 28 heavy (non-hydrogen) atoms. The van der Waals surface area contributed by atoms with Crippen LogP contribution in [-0.2, 0) is 0 Å². The van der Waals surface area contributed by atoms with Crippen LogP contribution in [0.5, 0.6) is 0 Å². The molecule has 4 nitrogen and oxygen atoms in total. The zero-order valence-corrected chi connectivity index (χ0v) is 18.1. The second-order valence-electron chi connectivity index (χ2n) is 9.20. The van der Waals surface area contributed by atoms with E-state index in [4.69, 9.17) is 0 Å². The number of hydrogen-bond donors (Lipinski definition) is 2. The van der Waals surface area contributed by atoms with Gasteiger partial charge < -0.3 is 10.6 Å². The summed E-state index contributed by atoms with van der Waals surface area (Å²) in [6, 6.07) is 8.16. The molecule has 0 unspecified atom stereocenters. The Morgan fingerprint density at radius 3 is 2.75 bits per heavy atom. The van der Waals surface area contributed by atoms with Gasteiger partial charge in [0.15, 0.2) is 0 Å². The zero-order valence-electron chi connectivity index (χ0n) is 17.3. The number of urea groups is 1. The summed E-state index contributed by atoms with van der Waals surface area (Å²) in [5, 5.41) is 6.14. The molecule has 5 heteroatoms. The predicted octanol–water partition coefficient (Wildman–Crippen LogP) is 4.99. The molecule has 1 aliphatic heterocycles. The molecule has 2 N–H and O–H groups in total. The fourth-order valence-electron chi connectivity index (χ4n) is 5.20. The lowest BCUT2D eigenvalue weighted by atomic mass is 9.49. The molecule has 1 aromatic carbocycles. The van der Waals surface area contributed by atoms with Gasteiger partial charge in [-0.05, 0) is 67.4 Å². The van der Waals surface area contributed by atoms with Crippen LogP contribution in [0, 0.1) is 17.3 Å². The average Bonchev–Trinajstić information content (AvgIpc) is 2.69. The predicted molar refractivity (Wildman–Crippen MR) is 118 cm³/mol.